The average Bonchev–Trinajstić information content (AvgIpc) is 3.10. The van der Waals surface area contributed by atoms with Gasteiger partial charge >= 0.3 is 25.0 Å². The topological polar surface area (TPSA) is 138 Å². The second-order valence-electron chi connectivity index (χ2n) is 10.5. The molecule has 0 aliphatic heterocycles. The molecule has 250 valence electrons. The van der Waals surface area contributed by atoms with Gasteiger partial charge in [-0.05, 0) is 110 Å². The fourth-order valence-corrected chi connectivity index (χ4v) is 4.11. The smallest absolute Gasteiger partial charge is 0.488 e. The van der Waals surface area contributed by atoms with E-state index in [2.05, 4.69) is 13.2 Å². The summed E-state index contributed by atoms with van der Waals surface area (Å²) in [5.41, 5.74) is 2.91. The third-order valence-corrected chi connectivity index (χ3v) is 7.11. The number of ether oxygens (including phenoxy) is 5. The van der Waals surface area contributed by atoms with Crippen LogP contribution in [0.5, 0.6) is 11.5 Å². The van der Waals surface area contributed by atoms with Crippen LogP contribution in [0.1, 0.15) is 59.9 Å². The first kappa shape index (κ1) is 37.1. The average molecular weight is 655 g/mol. The van der Waals surface area contributed by atoms with E-state index in [-0.39, 0.29) is 24.7 Å². The van der Waals surface area contributed by atoms with Crippen molar-refractivity contribution in [3.63, 3.8) is 0 Å². The monoisotopic (exact) mass is 654 g/mol. The van der Waals surface area contributed by atoms with Gasteiger partial charge in [0.05, 0.1) is 24.3 Å². The Bertz CT molecular complexity index is 1640. The molecule has 0 radical (unpaired) electrons. The summed E-state index contributed by atoms with van der Waals surface area (Å²) in [4.78, 5) is 36.7. The minimum Gasteiger partial charge on any atom is -0.494 e. The molecule has 0 fully saturated rings. The quantitative estimate of drug-likeness (QED) is 0.0360. The predicted octanol–water partition coefficient (Wildman–Crippen LogP) is 5.60. The molecule has 0 aliphatic carbocycles. The van der Waals surface area contributed by atoms with Gasteiger partial charge in [-0.2, -0.15) is 0 Å². The molecular weight excluding hydrogens is 615 g/mol. The van der Waals surface area contributed by atoms with Gasteiger partial charge in [-0.1, -0.05) is 37.4 Å². The molecule has 3 aromatic carbocycles. The van der Waals surface area contributed by atoms with Gasteiger partial charge < -0.3 is 33.7 Å². The Morgan fingerprint density at radius 3 is 1.83 bits per heavy atom. The van der Waals surface area contributed by atoms with Crippen molar-refractivity contribution >= 4 is 30.5 Å². The summed E-state index contributed by atoms with van der Waals surface area (Å²) in [6, 6.07) is 19.6. The molecule has 0 unspecified atom stereocenters. The Balaban J connectivity index is 1.49. The van der Waals surface area contributed by atoms with E-state index in [0.29, 0.717) is 58.7 Å². The zero-order chi connectivity index (χ0) is 35.1. The van der Waals surface area contributed by atoms with Crippen LogP contribution in [0.3, 0.4) is 0 Å². The highest BCUT2D eigenvalue weighted by atomic mass is 16.5. The van der Waals surface area contributed by atoms with Gasteiger partial charge in [0, 0.05) is 6.08 Å². The van der Waals surface area contributed by atoms with Crippen LogP contribution in [0.4, 0.5) is 0 Å². The normalized spacial score (nSPS) is 11.5. The first-order chi connectivity index (χ1) is 23.0. The molecule has 0 aliphatic rings. The van der Waals surface area contributed by atoms with Crippen molar-refractivity contribution in [1.82, 2.24) is 0 Å². The van der Waals surface area contributed by atoms with Crippen LogP contribution in [0.25, 0.3) is 0 Å². The Hall–Kier alpha value is -5.39. The number of benzene rings is 3. The van der Waals surface area contributed by atoms with E-state index in [1.807, 2.05) is 0 Å². The lowest BCUT2D eigenvalue weighted by atomic mass is 9.80. The predicted molar refractivity (Wildman–Crippen MR) is 181 cm³/mol. The van der Waals surface area contributed by atoms with Gasteiger partial charge in [0.2, 0.25) is 0 Å². The number of carbonyl (C=O) groups is 3. The van der Waals surface area contributed by atoms with Crippen LogP contribution in [-0.2, 0) is 25.6 Å². The summed E-state index contributed by atoms with van der Waals surface area (Å²) in [6.45, 7) is 13.4. The summed E-state index contributed by atoms with van der Waals surface area (Å²) in [5, 5.41) is 18.4. The second kappa shape index (κ2) is 18.7. The maximum absolute atomic E-state index is 12.9. The molecule has 0 amide bonds. The summed E-state index contributed by atoms with van der Waals surface area (Å²) in [6.07, 6.45) is 4.08. The Kier molecular flexibility index (Phi) is 14.4. The van der Waals surface area contributed by atoms with Gasteiger partial charge in [-0.15, -0.1) is 0 Å². The summed E-state index contributed by atoms with van der Waals surface area (Å²) in [7, 11) is -1.53. The van der Waals surface area contributed by atoms with Crippen LogP contribution in [0, 0.1) is 0 Å². The molecule has 2 N–H and O–H groups in total. The number of esters is 3. The molecule has 3 rings (SSSR count). The van der Waals surface area contributed by atoms with Gasteiger partial charge in [-0.25, -0.2) is 14.4 Å². The molecule has 0 atom stereocenters. The van der Waals surface area contributed by atoms with Crippen LogP contribution >= 0.6 is 0 Å². The number of allylic oxidation sites excluding steroid dienone is 3. The first-order valence-electron chi connectivity index (χ1n) is 15.2. The number of rotatable bonds is 17. The summed E-state index contributed by atoms with van der Waals surface area (Å²) < 4.78 is 27.5. The highest BCUT2D eigenvalue weighted by molar-refractivity contribution is 6.58. The minimum atomic E-state index is -1.53. The fourth-order valence-electron chi connectivity index (χ4n) is 4.11. The molecule has 0 saturated carbocycles. The highest BCUT2D eigenvalue weighted by Gasteiger charge is 2.17. The molecule has 0 bridgehead atoms. The number of carbonyl (C=O) groups excluding carboxylic acids is 3. The van der Waals surface area contributed by atoms with E-state index in [1.54, 1.807) is 99.6 Å². The molecule has 3 aromatic rings. The third-order valence-electron chi connectivity index (χ3n) is 7.11. The van der Waals surface area contributed by atoms with Gasteiger partial charge in [0.15, 0.2) is 0 Å². The molecule has 0 spiro atoms. The molecule has 0 aromatic heterocycles. The molecule has 0 saturated heterocycles. The van der Waals surface area contributed by atoms with E-state index in [0.717, 1.165) is 11.6 Å². The maximum Gasteiger partial charge on any atom is 0.488 e. The Morgan fingerprint density at radius 2 is 1.29 bits per heavy atom. The van der Waals surface area contributed by atoms with Crippen molar-refractivity contribution in [3.8, 4) is 11.5 Å². The summed E-state index contributed by atoms with van der Waals surface area (Å²) in [5.74, 6) is -0.139. The summed E-state index contributed by atoms with van der Waals surface area (Å²) >= 11 is 0. The van der Waals surface area contributed by atoms with Gasteiger partial charge in [0.1, 0.15) is 29.6 Å². The van der Waals surface area contributed by atoms with E-state index in [4.69, 9.17) is 23.7 Å². The van der Waals surface area contributed by atoms with Crippen LogP contribution < -0.4 is 14.9 Å². The van der Waals surface area contributed by atoms with E-state index in [9.17, 15) is 24.4 Å². The molecule has 10 nitrogen and oxygen atoms in total. The molecular formula is C37H39BO10. The maximum atomic E-state index is 12.9. The van der Waals surface area contributed by atoms with Crippen LogP contribution in [0.15, 0.2) is 121 Å². The van der Waals surface area contributed by atoms with Crippen LogP contribution in [0.2, 0.25) is 0 Å². The second-order valence-corrected chi connectivity index (χ2v) is 10.5. The number of unbranched alkanes of at least 4 members (excludes halogenated alkanes) is 1. The lowest BCUT2D eigenvalue weighted by molar-refractivity contribution is -0.137. The van der Waals surface area contributed by atoms with Crippen LogP contribution in [-0.4, -0.2) is 48.3 Å². The fraction of sp³-hybridized carbons (Fsp3) is 0.216. The first-order valence-corrected chi connectivity index (χ1v) is 15.2. The van der Waals surface area contributed by atoms with E-state index < -0.39 is 25.0 Å². The lowest BCUT2D eigenvalue weighted by Gasteiger charge is -2.15. The van der Waals surface area contributed by atoms with E-state index >= 15 is 0 Å². The van der Waals surface area contributed by atoms with Crippen molar-refractivity contribution in [2.75, 3.05) is 13.2 Å². The van der Waals surface area contributed by atoms with Crippen molar-refractivity contribution in [3.05, 3.63) is 137 Å². The SMILES string of the molecule is C=CC(=O)OCCCCOc1ccc(C(=O)OC(=C)/C(C)=C(C)\C(=C/C)OC(=O)c2ccc(OCc3ccc(B(O)O)cc3)cc2)cc1. The standard InChI is InChI=1S/C37H39BO10/c1-6-34(48-37(41)30-14-20-33(21-15-30)46-24-28-10-16-31(17-11-28)38(42)43)26(4)25(3)27(5)47-36(40)29-12-18-32(19-13-29)44-22-8-9-23-45-35(39)7-2/h6-7,10-21,42-43H,2,5,8-9,22-24H2,1,3-4H3/b26-25-,34-6+. The van der Waals surface area contributed by atoms with Crippen molar-refractivity contribution < 1.29 is 48.1 Å². The minimum absolute atomic E-state index is 0.106. The molecule has 0 heterocycles. The molecule has 48 heavy (non-hydrogen) atoms. The largest absolute Gasteiger partial charge is 0.494 e. The lowest BCUT2D eigenvalue weighted by Crippen LogP contribution is -2.29. The van der Waals surface area contributed by atoms with Gasteiger partial charge in [-0.3, -0.25) is 0 Å². The Morgan fingerprint density at radius 1 is 0.750 bits per heavy atom. The third kappa shape index (κ3) is 11.4. The van der Waals surface area contributed by atoms with Crippen molar-refractivity contribution in [2.24, 2.45) is 0 Å². The van der Waals surface area contributed by atoms with Crippen molar-refractivity contribution in [1.29, 1.82) is 0 Å². The molecule has 11 heteroatoms. The van der Waals surface area contributed by atoms with E-state index in [1.165, 1.54) is 0 Å². The van der Waals surface area contributed by atoms with Gasteiger partial charge in [0.25, 0.3) is 0 Å². The van der Waals surface area contributed by atoms with Crippen molar-refractivity contribution in [2.45, 2.75) is 40.2 Å². The Labute approximate surface area is 280 Å². The number of hydrogen-bond acceptors (Lipinski definition) is 10. The number of hydrogen-bond donors (Lipinski definition) is 2. The zero-order valence-electron chi connectivity index (χ0n) is 27.3. The zero-order valence-corrected chi connectivity index (χ0v) is 27.3. The highest BCUT2D eigenvalue weighted by Crippen LogP contribution is 2.24.